The third kappa shape index (κ3) is 3.10. The number of aryl methyl sites for hydroxylation is 1. The Morgan fingerprint density at radius 2 is 2.29 bits per heavy atom. The molecule has 2 N–H and O–H groups in total. The molecule has 0 bridgehead atoms. The molecule has 1 aromatic rings. The predicted molar refractivity (Wildman–Crippen MR) is 57.0 cm³/mol. The number of nitrogens with zero attached hydrogens (tertiary/aromatic N) is 3. The number of unbranched alkanes of at least 4 members (excludes halogenated alkanes) is 1. The summed E-state index contributed by atoms with van der Waals surface area (Å²) in [6.07, 6.45) is 6.30. The Balaban J connectivity index is 2.42. The summed E-state index contributed by atoms with van der Waals surface area (Å²) in [6.45, 7) is 5.07. The average Bonchev–Trinajstić information content (AvgIpc) is 2.66. The number of rotatable bonds is 6. The normalized spacial score (nSPS) is 13.1. The van der Waals surface area contributed by atoms with Gasteiger partial charge in [-0.05, 0) is 39.2 Å². The van der Waals surface area contributed by atoms with Crippen LogP contribution in [0.15, 0.2) is 6.20 Å². The van der Waals surface area contributed by atoms with Crippen LogP contribution >= 0.6 is 0 Å². The van der Waals surface area contributed by atoms with E-state index in [0.29, 0.717) is 6.04 Å². The zero-order valence-corrected chi connectivity index (χ0v) is 9.11. The fraction of sp³-hybridized carbons (Fsp3) is 0.800. The summed E-state index contributed by atoms with van der Waals surface area (Å²) in [6, 6.07) is 0.450. The lowest BCUT2D eigenvalue weighted by atomic mass is 10.2. The summed E-state index contributed by atoms with van der Waals surface area (Å²) < 4.78 is 1.94. The van der Waals surface area contributed by atoms with Crippen LogP contribution in [0.1, 0.15) is 44.8 Å². The molecule has 0 aliphatic rings. The molecule has 1 unspecified atom stereocenters. The Morgan fingerprint density at radius 1 is 1.50 bits per heavy atom. The number of aromatic nitrogens is 3. The molecule has 4 heteroatoms. The number of nitrogens with two attached hydrogens (primary N) is 1. The Labute approximate surface area is 85.5 Å². The highest BCUT2D eigenvalue weighted by Gasteiger charge is 2.05. The van der Waals surface area contributed by atoms with Gasteiger partial charge in [-0.1, -0.05) is 12.1 Å². The van der Waals surface area contributed by atoms with Crippen molar-refractivity contribution in [3.63, 3.8) is 0 Å². The Bertz CT molecular complexity index is 256. The van der Waals surface area contributed by atoms with Crippen LogP contribution in [0, 0.1) is 0 Å². The fourth-order valence-electron chi connectivity index (χ4n) is 1.28. The Kier molecular flexibility index (Phi) is 4.59. The third-order valence-corrected chi connectivity index (χ3v) is 2.49. The van der Waals surface area contributed by atoms with Crippen LogP contribution in [-0.4, -0.2) is 21.5 Å². The summed E-state index contributed by atoms with van der Waals surface area (Å²) in [4.78, 5) is 0. The minimum atomic E-state index is 0.450. The van der Waals surface area contributed by atoms with Crippen molar-refractivity contribution in [2.24, 2.45) is 5.73 Å². The highest BCUT2D eigenvalue weighted by Crippen LogP contribution is 2.09. The SMILES string of the molecule is CCC(C)n1cc(CCCCN)nn1. The molecule has 0 radical (unpaired) electrons. The smallest absolute Gasteiger partial charge is 0.0827 e. The zero-order chi connectivity index (χ0) is 10.4. The van der Waals surface area contributed by atoms with Crippen LogP contribution in [0.5, 0.6) is 0 Å². The first-order chi connectivity index (χ1) is 6.77. The van der Waals surface area contributed by atoms with E-state index in [2.05, 4.69) is 24.2 Å². The molecule has 80 valence electrons. The first-order valence-corrected chi connectivity index (χ1v) is 5.38. The second-order valence-electron chi connectivity index (χ2n) is 3.69. The van der Waals surface area contributed by atoms with Gasteiger partial charge in [-0.3, -0.25) is 0 Å². The maximum Gasteiger partial charge on any atom is 0.0827 e. The van der Waals surface area contributed by atoms with E-state index in [1.54, 1.807) is 0 Å². The van der Waals surface area contributed by atoms with Gasteiger partial charge in [0.15, 0.2) is 0 Å². The van der Waals surface area contributed by atoms with Crippen LogP contribution in [0.3, 0.4) is 0 Å². The summed E-state index contributed by atoms with van der Waals surface area (Å²) >= 11 is 0. The Morgan fingerprint density at radius 3 is 2.93 bits per heavy atom. The van der Waals surface area contributed by atoms with Gasteiger partial charge >= 0.3 is 0 Å². The van der Waals surface area contributed by atoms with Gasteiger partial charge < -0.3 is 5.73 Å². The minimum Gasteiger partial charge on any atom is -0.330 e. The van der Waals surface area contributed by atoms with Crippen LogP contribution in [0.2, 0.25) is 0 Å². The van der Waals surface area contributed by atoms with Gasteiger partial charge in [-0.15, -0.1) is 5.10 Å². The van der Waals surface area contributed by atoms with Crippen LogP contribution in [0.4, 0.5) is 0 Å². The van der Waals surface area contributed by atoms with E-state index < -0.39 is 0 Å². The first-order valence-electron chi connectivity index (χ1n) is 5.38. The molecule has 1 atom stereocenters. The molecule has 14 heavy (non-hydrogen) atoms. The molecule has 0 saturated carbocycles. The highest BCUT2D eigenvalue weighted by molar-refractivity contribution is 4.93. The molecular weight excluding hydrogens is 176 g/mol. The van der Waals surface area contributed by atoms with Gasteiger partial charge in [0.2, 0.25) is 0 Å². The van der Waals surface area contributed by atoms with Crippen molar-refractivity contribution in [3.05, 3.63) is 11.9 Å². The first kappa shape index (κ1) is 11.2. The lowest BCUT2D eigenvalue weighted by molar-refractivity contribution is 0.464. The van der Waals surface area contributed by atoms with Gasteiger partial charge in [0.05, 0.1) is 11.7 Å². The summed E-state index contributed by atoms with van der Waals surface area (Å²) in [5.74, 6) is 0. The van der Waals surface area contributed by atoms with Gasteiger partial charge in [0.25, 0.3) is 0 Å². The molecule has 0 aromatic carbocycles. The number of hydrogen-bond donors (Lipinski definition) is 1. The van der Waals surface area contributed by atoms with Crippen LogP contribution in [-0.2, 0) is 6.42 Å². The van der Waals surface area contributed by atoms with E-state index in [1.165, 1.54) is 0 Å². The van der Waals surface area contributed by atoms with E-state index in [4.69, 9.17) is 5.73 Å². The number of hydrogen-bond acceptors (Lipinski definition) is 3. The molecule has 0 aliphatic heterocycles. The highest BCUT2D eigenvalue weighted by atomic mass is 15.4. The van der Waals surface area contributed by atoms with Gasteiger partial charge in [0, 0.05) is 6.20 Å². The molecular formula is C10H20N4. The van der Waals surface area contributed by atoms with Crippen molar-refractivity contribution in [1.29, 1.82) is 0 Å². The summed E-state index contributed by atoms with van der Waals surface area (Å²) in [5, 5.41) is 8.23. The maximum absolute atomic E-state index is 5.43. The molecule has 1 aromatic heterocycles. The van der Waals surface area contributed by atoms with Crippen LogP contribution < -0.4 is 5.73 Å². The predicted octanol–water partition coefficient (Wildman–Crippen LogP) is 1.53. The zero-order valence-electron chi connectivity index (χ0n) is 9.11. The maximum atomic E-state index is 5.43. The van der Waals surface area contributed by atoms with E-state index in [9.17, 15) is 0 Å². The molecule has 0 aliphatic carbocycles. The average molecular weight is 196 g/mol. The second-order valence-corrected chi connectivity index (χ2v) is 3.69. The molecule has 0 spiro atoms. The Hall–Kier alpha value is -0.900. The largest absolute Gasteiger partial charge is 0.330 e. The third-order valence-electron chi connectivity index (χ3n) is 2.49. The van der Waals surface area contributed by atoms with Crippen molar-refractivity contribution in [2.75, 3.05) is 6.54 Å². The van der Waals surface area contributed by atoms with Crippen molar-refractivity contribution in [1.82, 2.24) is 15.0 Å². The molecule has 1 heterocycles. The summed E-state index contributed by atoms with van der Waals surface area (Å²) in [7, 11) is 0. The van der Waals surface area contributed by atoms with E-state index in [1.807, 2.05) is 10.9 Å². The lowest BCUT2D eigenvalue weighted by Gasteiger charge is -2.06. The van der Waals surface area contributed by atoms with Gasteiger partial charge in [-0.25, -0.2) is 4.68 Å². The van der Waals surface area contributed by atoms with E-state index in [0.717, 1.165) is 37.9 Å². The van der Waals surface area contributed by atoms with E-state index in [-0.39, 0.29) is 0 Å². The van der Waals surface area contributed by atoms with Crippen molar-refractivity contribution >= 4 is 0 Å². The monoisotopic (exact) mass is 196 g/mol. The molecule has 1 rings (SSSR count). The van der Waals surface area contributed by atoms with Crippen molar-refractivity contribution < 1.29 is 0 Å². The van der Waals surface area contributed by atoms with Crippen LogP contribution in [0.25, 0.3) is 0 Å². The quantitative estimate of drug-likeness (QED) is 0.702. The van der Waals surface area contributed by atoms with Crippen molar-refractivity contribution in [3.8, 4) is 0 Å². The summed E-state index contributed by atoms with van der Waals surface area (Å²) in [5.41, 5.74) is 6.51. The standard InChI is InChI=1S/C10H20N4/c1-3-9(2)14-8-10(12-13-14)6-4-5-7-11/h8-9H,3-7,11H2,1-2H3. The molecule has 0 fully saturated rings. The van der Waals surface area contributed by atoms with Gasteiger partial charge in [0.1, 0.15) is 0 Å². The molecule has 4 nitrogen and oxygen atoms in total. The van der Waals surface area contributed by atoms with E-state index >= 15 is 0 Å². The molecule has 0 saturated heterocycles. The minimum absolute atomic E-state index is 0.450. The topological polar surface area (TPSA) is 56.7 Å². The molecule has 0 amide bonds. The fourth-order valence-corrected chi connectivity index (χ4v) is 1.28. The lowest BCUT2D eigenvalue weighted by Crippen LogP contribution is -2.04. The van der Waals surface area contributed by atoms with Crippen molar-refractivity contribution in [2.45, 2.75) is 45.6 Å². The second kappa shape index (κ2) is 5.75. The van der Waals surface area contributed by atoms with Gasteiger partial charge in [-0.2, -0.15) is 0 Å².